The van der Waals surface area contributed by atoms with Gasteiger partial charge in [0.05, 0.1) is 12.1 Å². The fourth-order valence-corrected chi connectivity index (χ4v) is 3.59. The summed E-state index contributed by atoms with van der Waals surface area (Å²) in [5.74, 6) is 0.754. The summed E-state index contributed by atoms with van der Waals surface area (Å²) in [4.78, 5) is 0. The van der Waals surface area contributed by atoms with Crippen LogP contribution in [0, 0.1) is 18.3 Å². The SMILES string of the molecule is Cc1ccccc1NC1(CO)CCCC(C(C)(C)C)CC1. The van der Waals surface area contributed by atoms with Crippen LogP contribution in [0.15, 0.2) is 24.3 Å². The van der Waals surface area contributed by atoms with Gasteiger partial charge in [-0.05, 0) is 55.6 Å². The van der Waals surface area contributed by atoms with Gasteiger partial charge in [0, 0.05) is 5.69 Å². The van der Waals surface area contributed by atoms with Crippen LogP contribution < -0.4 is 5.32 Å². The lowest BCUT2D eigenvalue weighted by atomic mass is 9.76. The van der Waals surface area contributed by atoms with Gasteiger partial charge in [-0.1, -0.05) is 45.4 Å². The number of rotatable bonds is 3. The monoisotopic (exact) mass is 289 g/mol. The second-order valence-corrected chi connectivity index (χ2v) is 7.87. The molecule has 2 nitrogen and oxygen atoms in total. The second kappa shape index (κ2) is 6.39. The summed E-state index contributed by atoms with van der Waals surface area (Å²) in [5.41, 5.74) is 2.64. The molecule has 1 saturated carbocycles. The van der Waals surface area contributed by atoms with Crippen molar-refractivity contribution in [2.45, 2.75) is 65.3 Å². The number of aliphatic hydroxyl groups excluding tert-OH is 1. The molecule has 2 unspecified atom stereocenters. The molecule has 0 radical (unpaired) electrons. The molecule has 0 amide bonds. The van der Waals surface area contributed by atoms with E-state index in [9.17, 15) is 5.11 Å². The van der Waals surface area contributed by atoms with Crippen LogP contribution in [-0.4, -0.2) is 17.3 Å². The third-order valence-corrected chi connectivity index (χ3v) is 5.25. The van der Waals surface area contributed by atoms with Crippen molar-refractivity contribution in [1.82, 2.24) is 0 Å². The Morgan fingerprint density at radius 3 is 2.52 bits per heavy atom. The first-order valence-electron chi connectivity index (χ1n) is 8.31. The summed E-state index contributed by atoms with van der Waals surface area (Å²) in [6, 6.07) is 8.38. The van der Waals surface area contributed by atoms with E-state index >= 15 is 0 Å². The molecule has 2 atom stereocenters. The molecule has 0 aliphatic heterocycles. The Labute approximate surface area is 130 Å². The van der Waals surface area contributed by atoms with E-state index in [2.05, 4.69) is 57.3 Å². The molecule has 2 rings (SSSR count). The predicted octanol–water partition coefficient (Wildman–Crippen LogP) is 4.76. The summed E-state index contributed by atoms with van der Waals surface area (Å²) >= 11 is 0. The van der Waals surface area contributed by atoms with E-state index in [1.165, 1.54) is 30.5 Å². The Morgan fingerprint density at radius 2 is 1.90 bits per heavy atom. The first-order chi connectivity index (χ1) is 9.86. The van der Waals surface area contributed by atoms with E-state index in [1.807, 2.05) is 0 Å². The first-order valence-corrected chi connectivity index (χ1v) is 8.31. The zero-order chi connectivity index (χ0) is 15.5. The normalized spacial score (nSPS) is 27.2. The molecular formula is C19H31NO. The van der Waals surface area contributed by atoms with Crippen LogP contribution in [0.1, 0.15) is 58.4 Å². The lowest BCUT2D eigenvalue weighted by Crippen LogP contribution is -2.42. The highest BCUT2D eigenvalue weighted by Gasteiger charge is 2.36. The van der Waals surface area contributed by atoms with Crippen LogP contribution in [0.5, 0.6) is 0 Å². The van der Waals surface area contributed by atoms with Gasteiger partial charge in [-0.3, -0.25) is 0 Å². The maximum atomic E-state index is 10.0. The van der Waals surface area contributed by atoms with Gasteiger partial charge in [0.15, 0.2) is 0 Å². The average molecular weight is 289 g/mol. The van der Waals surface area contributed by atoms with Gasteiger partial charge in [0.1, 0.15) is 0 Å². The Kier molecular flexibility index (Phi) is 4.98. The predicted molar refractivity (Wildman–Crippen MR) is 90.6 cm³/mol. The zero-order valence-corrected chi connectivity index (χ0v) is 14.1. The van der Waals surface area contributed by atoms with Gasteiger partial charge in [0.2, 0.25) is 0 Å². The molecule has 2 N–H and O–H groups in total. The first kappa shape index (κ1) is 16.4. The van der Waals surface area contributed by atoms with Crippen LogP contribution in [0.3, 0.4) is 0 Å². The highest BCUT2D eigenvalue weighted by Crippen LogP contribution is 2.40. The van der Waals surface area contributed by atoms with Crippen LogP contribution in [0.2, 0.25) is 0 Å². The lowest BCUT2D eigenvalue weighted by Gasteiger charge is -2.35. The molecule has 1 aromatic carbocycles. The Morgan fingerprint density at radius 1 is 1.19 bits per heavy atom. The van der Waals surface area contributed by atoms with Crippen molar-refractivity contribution >= 4 is 5.69 Å². The maximum absolute atomic E-state index is 10.0. The molecule has 0 heterocycles. The topological polar surface area (TPSA) is 32.3 Å². The van der Waals surface area contributed by atoms with Gasteiger partial charge >= 0.3 is 0 Å². The summed E-state index contributed by atoms with van der Waals surface area (Å²) in [7, 11) is 0. The molecule has 0 bridgehead atoms. The molecule has 0 spiro atoms. The van der Waals surface area contributed by atoms with E-state index in [0.29, 0.717) is 5.41 Å². The summed E-state index contributed by atoms with van der Waals surface area (Å²) in [6.07, 6.45) is 5.79. The highest BCUT2D eigenvalue weighted by atomic mass is 16.3. The summed E-state index contributed by atoms with van der Waals surface area (Å²) < 4.78 is 0. The van der Waals surface area contributed by atoms with Gasteiger partial charge in [0.25, 0.3) is 0 Å². The van der Waals surface area contributed by atoms with E-state index in [-0.39, 0.29) is 12.1 Å². The van der Waals surface area contributed by atoms with E-state index in [0.717, 1.165) is 18.8 Å². The quantitative estimate of drug-likeness (QED) is 0.786. The molecule has 0 saturated heterocycles. The minimum absolute atomic E-state index is 0.147. The number of aryl methyl sites for hydroxylation is 1. The Hall–Kier alpha value is -1.02. The lowest BCUT2D eigenvalue weighted by molar-refractivity contribution is 0.182. The molecule has 2 heteroatoms. The minimum atomic E-state index is -0.147. The fraction of sp³-hybridized carbons (Fsp3) is 0.684. The third-order valence-electron chi connectivity index (χ3n) is 5.25. The molecule has 1 aliphatic carbocycles. The largest absolute Gasteiger partial charge is 0.394 e. The number of hydrogen-bond donors (Lipinski definition) is 2. The van der Waals surface area contributed by atoms with Crippen molar-refractivity contribution in [3.63, 3.8) is 0 Å². The molecule has 1 aliphatic rings. The molecule has 0 aromatic heterocycles. The van der Waals surface area contributed by atoms with Crippen LogP contribution in [-0.2, 0) is 0 Å². The third kappa shape index (κ3) is 4.00. The van der Waals surface area contributed by atoms with Crippen molar-refractivity contribution in [2.75, 3.05) is 11.9 Å². The van der Waals surface area contributed by atoms with Crippen molar-refractivity contribution in [2.24, 2.45) is 11.3 Å². The van der Waals surface area contributed by atoms with Crippen molar-refractivity contribution in [1.29, 1.82) is 0 Å². The van der Waals surface area contributed by atoms with Crippen LogP contribution in [0.25, 0.3) is 0 Å². The Bertz CT molecular complexity index is 463. The molecule has 118 valence electrons. The summed E-state index contributed by atoms with van der Waals surface area (Å²) in [5, 5.41) is 13.7. The van der Waals surface area contributed by atoms with Crippen LogP contribution >= 0.6 is 0 Å². The van der Waals surface area contributed by atoms with Crippen molar-refractivity contribution in [3.05, 3.63) is 29.8 Å². The number of anilines is 1. The van der Waals surface area contributed by atoms with Gasteiger partial charge in [-0.15, -0.1) is 0 Å². The molecular weight excluding hydrogens is 258 g/mol. The van der Waals surface area contributed by atoms with Crippen LogP contribution in [0.4, 0.5) is 5.69 Å². The van der Waals surface area contributed by atoms with Gasteiger partial charge in [-0.2, -0.15) is 0 Å². The standard InChI is InChI=1S/C19H31NO/c1-15-8-5-6-10-17(15)20-19(14-21)12-7-9-16(11-13-19)18(2,3)4/h5-6,8,10,16,20-21H,7,9,11-14H2,1-4H3. The van der Waals surface area contributed by atoms with Crippen molar-refractivity contribution in [3.8, 4) is 0 Å². The highest BCUT2D eigenvalue weighted by molar-refractivity contribution is 5.52. The van der Waals surface area contributed by atoms with E-state index in [1.54, 1.807) is 0 Å². The van der Waals surface area contributed by atoms with E-state index < -0.39 is 0 Å². The number of nitrogens with one attached hydrogen (secondary N) is 1. The number of benzene rings is 1. The summed E-state index contributed by atoms with van der Waals surface area (Å²) in [6.45, 7) is 9.38. The number of para-hydroxylation sites is 1. The minimum Gasteiger partial charge on any atom is -0.394 e. The molecule has 1 fully saturated rings. The second-order valence-electron chi connectivity index (χ2n) is 7.87. The molecule has 1 aromatic rings. The maximum Gasteiger partial charge on any atom is 0.0661 e. The molecule has 21 heavy (non-hydrogen) atoms. The number of hydrogen-bond acceptors (Lipinski definition) is 2. The number of aliphatic hydroxyl groups is 1. The van der Waals surface area contributed by atoms with Gasteiger partial charge in [-0.25, -0.2) is 0 Å². The average Bonchev–Trinajstić information content (AvgIpc) is 2.64. The van der Waals surface area contributed by atoms with E-state index in [4.69, 9.17) is 0 Å². The smallest absolute Gasteiger partial charge is 0.0661 e. The zero-order valence-electron chi connectivity index (χ0n) is 14.1. The van der Waals surface area contributed by atoms with Gasteiger partial charge < -0.3 is 10.4 Å². The fourth-order valence-electron chi connectivity index (χ4n) is 3.59. The van der Waals surface area contributed by atoms with Crippen molar-refractivity contribution < 1.29 is 5.11 Å². The Balaban J connectivity index is 2.13.